The molecule has 2 aromatic carbocycles. The Balaban J connectivity index is 1.45. The fraction of sp³-hybridized carbons (Fsp3) is 0.238. The quantitative estimate of drug-likeness (QED) is 0.789. The van der Waals surface area contributed by atoms with Gasteiger partial charge in [-0.15, -0.1) is 0 Å². The summed E-state index contributed by atoms with van der Waals surface area (Å²) in [6, 6.07) is 20.2. The molecule has 4 rings (SSSR count). The van der Waals surface area contributed by atoms with Gasteiger partial charge in [-0.3, -0.25) is 9.48 Å². The molecule has 0 saturated carbocycles. The van der Waals surface area contributed by atoms with Gasteiger partial charge in [-0.1, -0.05) is 60.7 Å². The lowest BCUT2D eigenvalue weighted by molar-refractivity contribution is 0.0789. The first-order chi connectivity index (χ1) is 12.7. The maximum absolute atomic E-state index is 12.9. The molecule has 2 heterocycles. The van der Waals surface area contributed by atoms with Gasteiger partial charge in [0, 0.05) is 31.2 Å². The number of nitrogens with zero attached hydrogens (tertiary/aromatic N) is 3. The lowest BCUT2D eigenvalue weighted by Crippen LogP contribution is -2.32. The van der Waals surface area contributed by atoms with E-state index in [2.05, 4.69) is 17.2 Å². The Morgan fingerprint density at radius 3 is 2.46 bits per heavy atom. The van der Waals surface area contributed by atoms with Crippen molar-refractivity contribution in [2.24, 2.45) is 5.73 Å². The smallest absolute Gasteiger partial charge is 0.257 e. The van der Waals surface area contributed by atoms with Crippen LogP contribution in [0.4, 0.5) is 0 Å². The maximum atomic E-state index is 12.9. The van der Waals surface area contributed by atoms with E-state index in [-0.39, 0.29) is 17.9 Å². The number of nitrogens with two attached hydrogens (primary N) is 1. The minimum atomic E-state index is -0.0410. The molecule has 1 aromatic heterocycles. The summed E-state index contributed by atoms with van der Waals surface area (Å²) in [5.74, 6) is 0.178. The average molecular weight is 346 g/mol. The molecule has 3 aromatic rings. The van der Waals surface area contributed by atoms with Gasteiger partial charge in [0.25, 0.3) is 5.91 Å². The van der Waals surface area contributed by atoms with Crippen LogP contribution < -0.4 is 5.73 Å². The van der Waals surface area contributed by atoms with Crippen molar-refractivity contribution in [2.45, 2.75) is 18.5 Å². The van der Waals surface area contributed by atoms with E-state index in [4.69, 9.17) is 5.73 Å². The normalized spacial score (nSPS) is 19.7. The van der Waals surface area contributed by atoms with Crippen molar-refractivity contribution in [3.05, 3.63) is 89.7 Å². The van der Waals surface area contributed by atoms with Crippen LogP contribution in [-0.2, 0) is 6.54 Å². The number of aromatic nitrogens is 2. The molecule has 1 aliphatic rings. The number of amides is 1. The Morgan fingerprint density at radius 1 is 1.04 bits per heavy atom. The van der Waals surface area contributed by atoms with Crippen molar-refractivity contribution < 1.29 is 4.79 Å². The molecular weight excluding hydrogens is 324 g/mol. The largest absolute Gasteiger partial charge is 0.336 e. The lowest BCUT2D eigenvalue weighted by Gasteiger charge is -2.15. The SMILES string of the molecule is N[C@H]1CN(C(=O)c2cnn(Cc3ccccc3)c2)C[C@@H]1c1ccccc1. The number of carbonyl (C=O) groups excluding carboxylic acids is 1. The summed E-state index contributed by atoms with van der Waals surface area (Å²) in [6.45, 7) is 1.87. The molecule has 1 saturated heterocycles. The number of likely N-dealkylation sites (tertiary alicyclic amines) is 1. The highest BCUT2D eigenvalue weighted by Gasteiger charge is 2.34. The molecule has 2 atom stereocenters. The number of hydrogen-bond donors (Lipinski definition) is 1. The maximum Gasteiger partial charge on any atom is 0.257 e. The fourth-order valence-electron chi connectivity index (χ4n) is 3.56. The molecule has 0 aliphatic carbocycles. The zero-order chi connectivity index (χ0) is 17.9. The third kappa shape index (κ3) is 3.39. The topological polar surface area (TPSA) is 64.2 Å². The standard InChI is InChI=1S/C21H22N4O/c22-20-15-24(14-19(20)17-9-5-2-6-10-17)21(26)18-11-23-25(13-18)12-16-7-3-1-4-8-16/h1-11,13,19-20H,12,14-15,22H2/t19-,20+/m1/s1. The van der Waals surface area contributed by atoms with E-state index in [1.54, 1.807) is 10.9 Å². The zero-order valence-corrected chi connectivity index (χ0v) is 14.5. The molecule has 0 unspecified atom stereocenters. The summed E-state index contributed by atoms with van der Waals surface area (Å²) in [5.41, 5.74) is 9.27. The highest BCUT2D eigenvalue weighted by Crippen LogP contribution is 2.27. The number of carbonyl (C=O) groups is 1. The Hall–Kier alpha value is -2.92. The van der Waals surface area contributed by atoms with E-state index in [1.807, 2.05) is 59.6 Å². The molecule has 132 valence electrons. The minimum absolute atomic E-state index is 0.00167. The van der Waals surface area contributed by atoms with E-state index in [0.717, 1.165) is 5.56 Å². The van der Waals surface area contributed by atoms with Crippen molar-refractivity contribution >= 4 is 5.91 Å². The highest BCUT2D eigenvalue weighted by molar-refractivity contribution is 5.94. The van der Waals surface area contributed by atoms with E-state index < -0.39 is 0 Å². The minimum Gasteiger partial charge on any atom is -0.336 e. The average Bonchev–Trinajstić information content (AvgIpc) is 3.29. The van der Waals surface area contributed by atoms with Crippen LogP contribution in [0.3, 0.4) is 0 Å². The number of hydrogen-bond acceptors (Lipinski definition) is 3. The van der Waals surface area contributed by atoms with Gasteiger partial charge in [0.2, 0.25) is 0 Å². The molecule has 0 radical (unpaired) electrons. The second kappa shape index (κ2) is 7.14. The molecule has 0 bridgehead atoms. The molecule has 2 N–H and O–H groups in total. The molecule has 1 amide bonds. The van der Waals surface area contributed by atoms with Crippen LogP contribution in [0.5, 0.6) is 0 Å². The van der Waals surface area contributed by atoms with Crippen molar-refractivity contribution in [1.29, 1.82) is 0 Å². The van der Waals surface area contributed by atoms with Crippen LogP contribution >= 0.6 is 0 Å². The molecule has 0 spiro atoms. The first-order valence-electron chi connectivity index (χ1n) is 8.87. The zero-order valence-electron chi connectivity index (χ0n) is 14.5. The van der Waals surface area contributed by atoms with Crippen LogP contribution in [0.15, 0.2) is 73.1 Å². The van der Waals surface area contributed by atoms with Gasteiger partial charge >= 0.3 is 0 Å². The molecule has 1 aliphatic heterocycles. The van der Waals surface area contributed by atoms with Crippen molar-refractivity contribution in [3.63, 3.8) is 0 Å². The summed E-state index contributed by atoms with van der Waals surface area (Å²) in [4.78, 5) is 14.7. The molecular formula is C21H22N4O. The summed E-state index contributed by atoms with van der Waals surface area (Å²) >= 11 is 0. The Labute approximate surface area is 153 Å². The van der Waals surface area contributed by atoms with Crippen LogP contribution in [0.25, 0.3) is 0 Å². The third-order valence-electron chi connectivity index (χ3n) is 4.95. The van der Waals surface area contributed by atoms with Gasteiger partial charge in [0.15, 0.2) is 0 Å². The lowest BCUT2D eigenvalue weighted by atomic mass is 9.95. The van der Waals surface area contributed by atoms with Gasteiger partial charge < -0.3 is 10.6 Å². The van der Waals surface area contributed by atoms with E-state index in [1.165, 1.54) is 5.56 Å². The van der Waals surface area contributed by atoms with Gasteiger partial charge in [-0.05, 0) is 11.1 Å². The van der Waals surface area contributed by atoms with Gasteiger partial charge in [0.05, 0.1) is 18.3 Å². The Morgan fingerprint density at radius 2 is 1.73 bits per heavy atom. The highest BCUT2D eigenvalue weighted by atomic mass is 16.2. The summed E-state index contributed by atoms with van der Waals surface area (Å²) in [5, 5.41) is 4.34. The molecule has 5 nitrogen and oxygen atoms in total. The summed E-state index contributed by atoms with van der Waals surface area (Å²) in [7, 11) is 0. The first-order valence-corrected chi connectivity index (χ1v) is 8.87. The van der Waals surface area contributed by atoms with Gasteiger partial charge in [-0.25, -0.2) is 0 Å². The molecule has 1 fully saturated rings. The Kier molecular flexibility index (Phi) is 4.54. The Bertz CT molecular complexity index is 875. The predicted molar refractivity (Wildman–Crippen MR) is 101 cm³/mol. The second-order valence-electron chi connectivity index (χ2n) is 6.80. The van der Waals surface area contributed by atoms with Crippen LogP contribution in [0.1, 0.15) is 27.4 Å². The van der Waals surface area contributed by atoms with Crippen LogP contribution in [0, 0.1) is 0 Å². The second-order valence-corrected chi connectivity index (χ2v) is 6.80. The van der Waals surface area contributed by atoms with E-state index in [9.17, 15) is 4.79 Å². The third-order valence-corrected chi connectivity index (χ3v) is 4.95. The van der Waals surface area contributed by atoms with Crippen molar-refractivity contribution in [2.75, 3.05) is 13.1 Å². The monoisotopic (exact) mass is 346 g/mol. The molecule has 26 heavy (non-hydrogen) atoms. The predicted octanol–water partition coefficient (Wildman–Crippen LogP) is 2.50. The van der Waals surface area contributed by atoms with E-state index in [0.29, 0.717) is 25.2 Å². The first kappa shape index (κ1) is 16.5. The van der Waals surface area contributed by atoms with Gasteiger partial charge in [0.1, 0.15) is 0 Å². The van der Waals surface area contributed by atoms with Crippen LogP contribution in [0.2, 0.25) is 0 Å². The molecule has 5 heteroatoms. The summed E-state index contributed by atoms with van der Waals surface area (Å²) in [6.07, 6.45) is 3.46. The summed E-state index contributed by atoms with van der Waals surface area (Å²) < 4.78 is 1.80. The number of benzene rings is 2. The van der Waals surface area contributed by atoms with Crippen LogP contribution in [-0.4, -0.2) is 39.7 Å². The van der Waals surface area contributed by atoms with Gasteiger partial charge in [-0.2, -0.15) is 5.10 Å². The van der Waals surface area contributed by atoms with Crippen molar-refractivity contribution in [1.82, 2.24) is 14.7 Å². The fourth-order valence-corrected chi connectivity index (χ4v) is 3.56. The van der Waals surface area contributed by atoms with E-state index >= 15 is 0 Å². The number of rotatable bonds is 4. The van der Waals surface area contributed by atoms with Crippen molar-refractivity contribution in [3.8, 4) is 0 Å².